The molecule has 9 nitrogen and oxygen atoms in total. The van der Waals surface area contributed by atoms with E-state index in [9.17, 15) is 14.7 Å². The van der Waals surface area contributed by atoms with Crippen LogP contribution in [0, 0.1) is 6.92 Å². The summed E-state index contributed by atoms with van der Waals surface area (Å²) in [4.78, 5) is 38.2. The summed E-state index contributed by atoms with van der Waals surface area (Å²) in [5.41, 5.74) is 5.63. The molecule has 44 heavy (non-hydrogen) atoms. The number of ether oxygens (including phenoxy) is 2. The second-order valence-corrected chi connectivity index (χ2v) is 11.9. The summed E-state index contributed by atoms with van der Waals surface area (Å²) in [6, 6.07) is 15.6. The molecule has 0 saturated carbocycles. The number of halogens is 2. The van der Waals surface area contributed by atoms with Gasteiger partial charge in [0.1, 0.15) is 11.9 Å². The van der Waals surface area contributed by atoms with Crippen molar-refractivity contribution in [1.82, 2.24) is 14.9 Å². The number of amides is 1. The molecule has 1 amide bonds. The molecule has 2 atom stereocenters. The van der Waals surface area contributed by atoms with Crippen LogP contribution in [-0.2, 0) is 11.3 Å². The molecule has 2 fully saturated rings. The number of carboxylic acids is 1. The van der Waals surface area contributed by atoms with Crippen molar-refractivity contribution in [1.29, 1.82) is 0 Å². The monoisotopic (exact) mass is 632 g/mol. The molecule has 1 aromatic heterocycles. The molecule has 11 heteroatoms. The van der Waals surface area contributed by atoms with E-state index in [1.165, 1.54) is 0 Å². The van der Waals surface area contributed by atoms with Crippen molar-refractivity contribution >= 4 is 41.2 Å². The van der Waals surface area contributed by atoms with Gasteiger partial charge in [0.2, 0.25) is 5.95 Å². The van der Waals surface area contributed by atoms with E-state index in [1.807, 2.05) is 32.0 Å². The Bertz CT molecular complexity index is 1760. The maximum Gasteiger partial charge on any atom is 0.411 e. The third-order valence-corrected chi connectivity index (χ3v) is 8.63. The standard InChI is InChI=1S/C33H30Cl2N4O5/c1-18-11-21(31(40)41)5-7-25(18)20-6-8-29(43-3)26(14-20)27-16-36-32(38-9-4-10-38)37-28(27)17-39-19(2)30(44-33(39)42)22-12-23(34)15-24(35)13-22/h5-8,11-16,19,30H,4,9-10,17H2,1-3H3,(H,40,41)/t19?,30-/m0/s1. The highest BCUT2D eigenvalue weighted by molar-refractivity contribution is 6.34. The molecule has 4 aromatic rings. The van der Waals surface area contributed by atoms with Crippen molar-refractivity contribution in [3.63, 3.8) is 0 Å². The highest BCUT2D eigenvalue weighted by Gasteiger charge is 2.40. The SMILES string of the molecule is COc1ccc(-c2ccc(C(=O)O)cc2C)cc1-c1cnc(N2CCC2)nc1CN1C(=O)O[C@H](c2cc(Cl)cc(Cl)c2)C1C. The lowest BCUT2D eigenvalue weighted by Crippen LogP contribution is -2.39. The summed E-state index contributed by atoms with van der Waals surface area (Å²) in [5, 5.41) is 10.4. The number of aromatic nitrogens is 2. The van der Waals surface area contributed by atoms with Gasteiger partial charge in [-0.3, -0.25) is 4.90 Å². The lowest BCUT2D eigenvalue weighted by Gasteiger charge is -2.31. The Labute approximate surface area is 265 Å². The zero-order valence-corrected chi connectivity index (χ0v) is 25.9. The molecule has 0 bridgehead atoms. The average Bonchev–Trinajstić information content (AvgIpc) is 3.24. The summed E-state index contributed by atoms with van der Waals surface area (Å²) < 4.78 is 11.6. The number of aromatic carboxylic acids is 1. The Morgan fingerprint density at radius 2 is 1.80 bits per heavy atom. The van der Waals surface area contributed by atoms with Gasteiger partial charge in [0.25, 0.3) is 0 Å². The first kappa shape index (κ1) is 29.7. The topological polar surface area (TPSA) is 105 Å². The van der Waals surface area contributed by atoms with Gasteiger partial charge in [-0.1, -0.05) is 35.3 Å². The molecule has 0 radical (unpaired) electrons. The number of carbonyl (C=O) groups is 2. The van der Waals surface area contributed by atoms with Gasteiger partial charge in [-0.05, 0) is 85.0 Å². The smallest absolute Gasteiger partial charge is 0.411 e. The average molecular weight is 634 g/mol. The number of hydrogen-bond donors (Lipinski definition) is 1. The number of rotatable bonds is 8. The van der Waals surface area contributed by atoms with E-state index in [1.54, 1.807) is 54.6 Å². The second kappa shape index (κ2) is 12.0. The maximum atomic E-state index is 13.3. The lowest BCUT2D eigenvalue weighted by molar-refractivity contribution is 0.0696. The molecule has 0 spiro atoms. The van der Waals surface area contributed by atoms with Crippen molar-refractivity contribution in [3.8, 4) is 28.0 Å². The predicted octanol–water partition coefficient (Wildman–Crippen LogP) is 7.42. The first-order valence-electron chi connectivity index (χ1n) is 14.2. The summed E-state index contributed by atoms with van der Waals surface area (Å²) in [5.74, 6) is 0.233. The third-order valence-electron chi connectivity index (χ3n) is 8.19. The summed E-state index contributed by atoms with van der Waals surface area (Å²) in [6.07, 6.45) is 1.81. The van der Waals surface area contributed by atoms with E-state index in [0.717, 1.165) is 41.8 Å². The van der Waals surface area contributed by atoms with Gasteiger partial charge in [0, 0.05) is 40.5 Å². The summed E-state index contributed by atoms with van der Waals surface area (Å²) >= 11 is 12.5. The molecule has 2 aliphatic rings. The van der Waals surface area contributed by atoms with Gasteiger partial charge < -0.3 is 19.5 Å². The normalized spacial score (nSPS) is 17.8. The Hall–Kier alpha value is -4.34. The van der Waals surface area contributed by atoms with E-state index in [4.69, 9.17) is 37.7 Å². The molecule has 1 unspecified atom stereocenters. The van der Waals surface area contributed by atoms with Gasteiger partial charge >= 0.3 is 12.1 Å². The predicted molar refractivity (Wildman–Crippen MR) is 169 cm³/mol. The number of methoxy groups -OCH3 is 1. The van der Waals surface area contributed by atoms with E-state index in [0.29, 0.717) is 38.6 Å². The van der Waals surface area contributed by atoms with Crippen LogP contribution in [0.4, 0.5) is 10.7 Å². The fourth-order valence-electron chi connectivity index (χ4n) is 5.69. The lowest BCUT2D eigenvalue weighted by atomic mass is 9.94. The summed E-state index contributed by atoms with van der Waals surface area (Å²) in [7, 11) is 1.60. The van der Waals surface area contributed by atoms with Crippen LogP contribution in [0.3, 0.4) is 0 Å². The zero-order valence-electron chi connectivity index (χ0n) is 24.4. The Morgan fingerprint density at radius 1 is 1.05 bits per heavy atom. The molecule has 3 aromatic carbocycles. The number of carboxylic acid groups (broad SMARTS) is 1. The fraction of sp³-hybridized carbons (Fsp3) is 0.273. The van der Waals surface area contributed by atoms with E-state index in [2.05, 4.69) is 9.88 Å². The molecule has 6 rings (SSSR count). The molecule has 2 saturated heterocycles. The number of hydrogen-bond acceptors (Lipinski definition) is 7. The first-order chi connectivity index (χ1) is 21.1. The molecule has 3 heterocycles. The van der Waals surface area contributed by atoms with Crippen molar-refractivity contribution in [2.24, 2.45) is 0 Å². The molecule has 1 N–H and O–H groups in total. The quantitative estimate of drug-likeness (QED) is 0.214. The van der Waals surface area contributed by atoms with Crippen molar-refractivity contribution in [2.45, 2.75) is 39.0 Å². The van der Waals surface area contributed by atoms with Gasteiger partial charge in [0.05, 0.1) is 31.0 Å². The number of benzene rings is 3. The Morgan fingerprint density at radius 3 is 2.43 bits per heavy atom. The number of nitrogens with zero attached hydrogens (tertiary/aromatic N) is 4. The van der Waals surface area contributed by atoms with Gasteiger partial charge in [0.15, 0.2) is 0 Å². The Kier molecular flexibility index (Phi) is 8.09. The van der Waals surface area contributed by atoms with Gasteiger partial charge in [-0.25, -0.2) is 19.6 Å². The van der Waals surface area contributed by atoms with Gasteiger partial charge in [-0.2, -0.15) is 0 Å². The van der Waals surface area contributed by atoms with Gasteiger partial charge in [-0.15, -0.1) is 0 Å². The van der Waals surface area contributed by atoms with Crippen LogP contribution < -0.4 is 9.64 Å². The molecule has 2 aliphatic heterocycles. The number of aryl methyl sites for hydroxylation is 1. The summed E-state index contributed by atoms with van der Waals surface area (Å²) in [6.45, 7) is 5.70. The van der Waals surface area contributed by atoms with Crippen LogP contribution in [0.2, 0.25) is 10.0 Å². The molecular weight excluding hydrogens is 603 g/mol. The van der Waals surface area contributed by atoms with Crippen LogP contribution in [0.5, 0.6) is 5.75 Å². The van der Waals surface area contributed by atoms with Crippen LogP contribution in [0.15, 0.2) is 60.8 Å². The maximum absolute atomic E-state index is 13.3. The zero-order chi connectivity index (χ0) is 31.1. The van der Waals surface area contributed by atoms with Crippen LogP contribution in [0.25, 0.3) is 22.3 Å². The van der Waals surface area contributed by atoms with Crippen molar-refractivity contribution < 1.29 is 24.2 Å². The first-order valence-corrected chi connectivity index (χ1v) is 15.0. The minimum atomic E-state index is -0.977. The number of carbonyl (C=O) groups excluding carboxylic acids is 1. The molecule has 0 aliphatic carbocycles. The highest BCUT2D eigenvalue weighted by atomic mass is 35.5. The fourth-order valence-corrected chi connectivity index (χ4v) is 6.23. The van der Waals surface area contributed by atoms with Crippen molar-refractivity contribution in [2.75, 3.05) is 25.1 Å². The largest absolute Gasteiger partial charge is 0.496 e. The van der Waals surface area contributed by atoms with Crippen LogP contribution >= 0.6 is 23.2 Å². The van der Waals surface area contributed by atoms with E-state index >= 15 is 0 Å². The third kappa shape index (κ3) is 5.65. The number of cyclic esters (lactones) is 1. The van der Waals surface area contributed by atoms with E-state index in [-0.39, 0.29) is 18.2 Å². The minimum absolute atomic E-state index is 0.170. The van der Waals surface area contributed by atoms with E-state index < -0.39 is 18.2 Å². The second-order valence-electron chi connectivity index (χ2n) is 11.0. The van der Waals surface area contributed by atoms with Crippen LogP contribution in [0.1, 0.15) is 46.6 Å². The van der Waals surface area contributed by atoms with Crippen molar-refractivity contribution in [3.05, 3.63) is 93.2 Å². The van der Waals surface area contributed by atoms with Crippen LogP contribution in [-0.4, -0.2) is 58.3 Å². The molecular formula is C33H30Cl2N4O5. The minimum Gasteiger partial charge on any atom is -0.496 e. The highest BCUT2D eigenvalue weighted by Crippen LogP contribution is 2.40. The molecule has 226 valence electrons. The number of anilines is 1. The Balaban J connectivity index is 1.41.